The lowest BCUT2D eigenvalue weighted by molar-refractivity contribution is -0.384. The highest BCUT2D eigenvalue weighted by atomic mass is 16.6. The van der Waals surface area contributed by atoms with Crippen molar-refractivity contribution in [2.45, 2.75) is 6.10 Å². The fourth-order valence-electron chi connectivity index (χ4n) is 2.15. The molecule has 0 radical (unpaired) electrons. The number of hydrogen-bond acceptors (Lipinski definition) is 8. The maximum absolute atomic E-state index is 10.7. The van der Waals surface area contributed by atoms with Crippen LogP contribution in [0.1, 0.15) is 0 Å². The number of rotatable bonds is 4. The Labute approximate surface area is 152 Å². The average molecular weight is 371 g/mol. The summed E-state index contributed by atoms with van der Waals surface area (Å²) in [7, 11) is 0. The first kappa shape index (κ1) is 20.5. The van der Waals surface area contributed by atoms with Gasteiger partial charge in [-0.05, 0) is 12.1 Å². The summed E-state index contributed by atoms with van der Waals surface area (Å²) in [5.41, 5.74) is 0.0203. The van der Waals surface area contributed by atoms with Crippen molar-refractivity contribution >= 4 is 5.69 Å². The average Bonchev–Trinajstić information content (AvgIpc) is 2.66. The van der Waals surface area contributed by atoms with Crippen molar-refractivity contribution in [3.8, 4) is 5.75 Å². The summed E-state index contributed by atoms with van der Waals surface area (Å²) in [4.78, 5) is 10.2. The summed E-state index contributed by atoms with van der Waals surface area (Å²) < 4.78 is 33.1. The van der Waals surface area contributed by atoms with Crippen molar-refractivity contribution in [2.75, 3.05) is 66.1 Å². The van der Waals surface area contributed by atoms with Crippen LogP contribution >= 0.6 is 0 Å². The van der Waals surface area contributed by atoms with Gasteiger partial charge in [0, 0.05) is 12.1 Å². The van der Waals surface area contributed by atoms with Crippen molar-refractivity contribution in [1.29, 1.82) is 0 Å². The number of hydrogen-bond donors (Lipinski definition) is 0. The summed E-state index contributed by atoms with van der Waals surface area (Å²) >= 11 is 0. The Morgan fingerprint density at radius 2 is 1.42 bits per heavy atom. The summed E-state index contributed by atoms with van der Waals surface area (Å²) in [6.45, 7) is 4.49. The smallest absolute Gasteiger partial charge is 0.269 e. The molecule has 9 nitrogen and oxygen atoms in total. The zero-order chi connectivity index (χ0) is 18.5. The van der Waals surface area contributed by atoms with Crippen LogP contribution in [-0.2, 0) is 23.7 Å². The van der Waals surface area contributed by atoms with Crippen LogP contribution < -0.4 is 4.74 Å². The van der Waals surface area contributed by atoms with E-state index in [0.29, 0.717) is 65.2 Å². The van der Waals surface area contributed by atoms with Gasteiger partial charge >= 0.3 is 0 Å². The van der Waals surface area contributed by atoms with Gasteiger partial charge in [-0.25, -0.2) is 0 Å². The van der Waals surface area contributed by atoms with Gasteiger partial charge in [-0.2, -0.15) is 0 Å². The molecular weight excluding hydrogens is 346 g/mol. The first-order valence-corrected chi connectivity index (χ1v) is 8.55. The topological polar surface area (TPSA) is 98.5 Å². The monoisotopic (exact) mass is 371 g/mol. The van der Waals surface area contributed by atoms with Crippen LogP contribution in [-0.4, -0.2) is 77.1 Å². The second-order valence-electron chi connectivity index (χ2n) is 5.47. The molecule has 0 saturated carbocycles. The second kappa shape index (κ2) is 12.6. The van der Waals surface area contributed by atoms with E-state index in [0.717, 1.165) is 0 Å². The molecule has 1 aliphatic rings. The Hall–Kier alpha value is -1.78. The normalized spacial score (nSPS) is 21.3. The Kier molecular flexibility index (Phi) is 9.91. The minimum Gasteiger partial charge on any atom is -0.491 e. The quantitative estimate of drug-likeness (QED) is 0.579. The van der Waals surface area contributed by atoms with E-state index < -0.39 is 4.92 Å². The SMILES string of the molecule is O=[N+]([O-])c1ccc(OCC2COCCOCCOCCOCCO2)cc1. The molecule has 1 fully saturated rings. The predicted molar refractivity (Wildman–Crippen MR) is 91.6 cm³/mol. The molecule has 1 atom stereocenters. The molecule has 9 heteroatoms. The molecule has 1 aromatic rings. The fraction of sp³-hybridized carbons (Fsp3) is 0.647. The van der Waals surface area contributed by atoms with Crippen LogP contribution in [0.25, 0.3) is 0 Å². The second-order valence-corrected chi connectivity index (χ2v) is 5.47. The van der Waals surface area contributed by atoms with Crippen LogP contribution in [0.5, 0.6) is 5.75 Å². The first-order chi connectivity index (χ1) is 12.8. The summed E-state index contributed by atoms with van der Waals surface area (Å²) in [5.74, 6) is 0.534. The molecule has 0 N–H and O–H groups in total. The van der Waals surface area contributed by atoms with Crippen molar-refractivity contribution in [1.82, 2.24) is 0 Å². The van der Waals surface area contributed by atoms with Crippen LogP contribution in [0, 0.1) is 10.1 Å². The largest absolute Gasteiger partial charge is 0.491 e. The molecule has 1 unspecified atom stereocenters. The molecule has 146 valence electrons. The minimum absolute atomic E-state index is 0.0203. The zero-order valence-electron chi connectivity index (χ0n) is 14.7. The summed E-state index contributed by atoms with van der Waals surface area (Å²) in [6, 6.07) is 5.91. The van der Waals surface area contributed by atoms with E-state index in [1.807, 2.05) is 0 Å². The van der Waals surface area contributed by atoms with Gasteiger partial charge in [0.2, 0.25) is 0 Å². The summed E-state index contributed by atoms with van der Waals surface area (Å²) in [6.07, 6.45) is -0.282. The van der Waals surface area contributed by atoms with Gasteiger partial charge in [0.1, 0.15) is 18.5 Å². The maximum atomic E-state index is 10.7. The van der Waals surface area contributed by atoms with E-state index in [1.165, 1.54) is 12.1 Å². The van der Waals surface area contributed by atoms with Crippen LogP contribution in [0.15, 0.2) is 24.3 Å². The molecule has 1 saturated heterocycles. The van der Waals surface area contributed by atoms with E-state index in [4.69, 9.17) is 28.4 Å². The zero-order valence-corrected chi connectivity index (χ0v) is 14.7. The lowest BCUT2D eigenvalue weighted by Crippen LogP contribution is -2.29. The van der Waals surface area contributed by atoms with Crippen LogP contribution in [0.4, 0.5) is 5.69 Å². The van der Waals surface area contributed by atoms with Gasteiger partial charge < -0.3 is 28.4 Å². The van der Waals surface area contributed by atoms with E-state index in [9.17, 15) is 10.1 Å². The third kappa shape index (κ3) is 8.54. The third-order valence-corrected chi connectivity index (χ3v) is 3.48. The fourth-order valence-corrected chi connectivity index (χ4v) is 2.15. The highest BCUT2D eigenvalue weighted by molar-refractivity contribution is 5.35. The van der Waals surface area contributed by atoms with Gasteiger partial charge in [-0.1, -0.05) is 0 Å². The molecule has 1 heterocycles. The molecule has 0 spiro atoms. The lowest BCUT2D eigenvalue weighted by Gasteiger charge is -2.19. The molecule has 1 aliphatic heterocycles. The van der Waals surface area contributed by atoms with Crippen molar-refractivity contribution in [3.63, 3.8) is 0 Å². The molecule has 26 heavy (non-hydrogen) atoms. The molecular formula is C17H25NO8. The Morgan fingerprint density at radius 3 is 2.00 bits per heavy atom. The van der Waals surface area contributed by atoms with Gasteiger partial charge in [0.25, 0.3) is 5.69 Å². The minimum atomic E-state index is -0.451. The first-order valence-electron chi connectivity index (χ1n) is 8.55. The van der Waals surface area contributed by atoms with E-state index in [1.54, 1.807) is 12.1 Å². The molecule has 2 rings (SSSR count). The van der Waals surface area contributed by atoms with Gasteiger partial charge in [0.15, 0.2) is 0 Å². The molecule has 0 amide bonds. The number of nitro groups is 1. The molecule has 1 aromatic carbocycles. The highest BCUT2D eigenvalue weighted by Gasteiger charge is 2.12. The van der Waals surface area contributed by atoms with Crippen molar-refractivity contribution < 1.29 is 33.3 Å². The van der Waals surface area contributed by atoms with E-state index in [2.05, 4.69) is 0 Å². The van der Waals surface area contributed by atoms with Gasteiger partial charge in [0.05, 0.1) is 64.4 Å². The standard InChI is InChI=1S/C17H25NO8/c19-18(20)15-1-3-16(4-2-15)26-14-17-13-24-10-9-22-6-5-21-7-8-23-11-12-25-17/h1-4,17H,5-14H2. The number of ether oxygens (including phenoxy) is 6. The Bertz CT molecular complexity index is 494. The Balaban J connectivity index is 1.77. The third-order valence-electron chi connectivity index (χ3n) is 3.48. The van der Waals surface area contributed by atoms with Crippen LogP contribution in [0.3, 0.4) is 0 Å². The van der Waals surface area contributed by atoms with Crippen LogP contribution in [0.2, 0.25) is 0 Å². The summed E-state index contributed by atoms with van der Waals surface area (Å²) in [5, 5.41) is 10.7. The van der Waals surface area contributed by atoms with E-state index in [-0.39, 0.29) is 18.4 Å². The lowest BCUT2D eigenvalue weighted by atomic mass is 10.3. The number of benzene rings is 1. The molecule has 0 aliphatic carbocycles. The highest BCUT2D eigenvalue weighted by Crippen LogP contribution is 2.17. The number of nitro benzene ring substituents is 1. The predicted octanol–water partition coefficient (Wildman–Crippen LogP) is 1.44. The van der Waals surface area contributed by atoms with Crippen molar-refractivity contribution in [2.24, 2.45) is 0 Å². The number of nitrogens with zero attached hydrogens (tertiary/aromatic N) is 1. The van der Waals surface area contributed by atoms with Crippen molar-refractivity contribution in [3.05, 3.63) is 34.4 Å². The Morgan fingerprint density at radius 1 is 0.885 bits per heavy atom. The van der Waals surface area contributed by atoms with E-state index >= 15 is 0 Å². The van der Waals surface area contributed by atoms with Gasteiger partial charge in [-0.15, -0.1) is 0 Å². The maximum Gasteiger partial charge on any atom is 0.269 e. The van der Waals surface area contributed by atoms with Gasteiger partial charge in [-0.3, -0.25) is 10.1 Å². The molecule has 0 aromatic heterocycles. The molecule has 0 bridgehead atoms. The number of non-ortho nitro benzene ring substituents is 1.